The Hall–Kier alpha value is -3.73. The van der Waals surface area contributed by atoms with Crippen LogP contribution in [-0.2, 0) is 24.1 Å². The lowest BCUT2D eigenvalue weighted by molar-refractivity contribution is 0.0601. The van der Waals surface area contributed by atoms with Gasteiger partial charge in [0.25, 0.3) is 5.56 Å². The van der Waals surface area contributed by atoms with Crippen LogP contribution in [0.4, 0.5) is 0 Å². The highest BCUT2D eigenvalue weighted by Gasteiger charge is 2.14. The predicted octanol–water partition coefficient (Wildman–Crippen LogP) is 4.66. The third kappa shape index (κ3) is 4.12. The van der Waals surface area contributed by atoms with Crippen LogP contribution >= 0.6 is 0 Å². The average Bonchev–Trinajstić information content (AvgIpc) is 2.83. The Labute approximate surface area is 181 Å². The zero-order chi connectivity index (χ0) is 21.8. The Kier molecular flexibility index (Phi) is 5.94. The second-order valence-corrected chi connectivity index (χ2v) is 7.34. The summed E-state index contributed by atoms with van der Waals surface area (Å²) in [5.41, 5.74) is 4.11. The monoisotopic (exact) mass is 412 g/mol. The molecule has 0 aliphatic rings. The molecule has 3 aromatic carbocycles. The predicted molar refractivity (Wildman–Crippen MR) is 122 cm³/mol. The molecule has 4 aromatic rings. The van der Waals surface area contributed by atoms with Crippen LogP contribution in [0.3, 0.4) is 0 Å². The van der Waals surface area contributed by atoms with Gasteiger partial charge in [-0.15, -0.1) is 0 Å². The molecular weight excluding hydrogens is 388 g/mol. The van der Waals surface area contributed by atoms with E-state index < -0.39 is 0 Å². The molecule has 0 unspecified atom stereocenters. The van der Waals surface area contributed by atoms with E-state index in [2.05, 4.69) is 12.1 Å². The molecule has 0 bridgehead atoms. The molecule has 0 amide bonds. The van der Waals surface area contributed by atoms with Crippen LogP contribution in [0.5, 0.6) is 0 Å². The van der Waals surface area contributed by atoms with Crippen LogP contribution in [0.25, 0.3) is 22.0 Å². The second-order valence-electron chi connectivity index (χ2n) is 7.34. The quantitative estimate of drug-likeness (QED) is 0.432. The van der Waals surface area contributed by atoms with Gasteiger partial charge in [-0.2, -0.15) is 0 Å². The van der Waals surface area contributed by atoms with Crippen molar-refractivity contribution in [1.82, 2.24) is 9.55 Å². The molecule has 5 nitrogen and oxygen atoms in total. The molecule has 0 saturated heterocycles. The number of benzene rings is 3. The molecule has 5 heteroatoms. The summed E-state index contributed by atoms with van der Waals surface area (Å²) in [4.78, 5) is 30.0. The van der Waals surface area contributed by atoms with Crippen LogP contribution in [0.1, 0.15) is 28.7 Å². The van der Waals surface area contributed by atoms with E-state index >= 15 is 0 Å². The number of rotatable bonds is 6. The molecule has 0 aliphatic heterocycles. The summed E-state index contributed by atoms with van der Waals surface area (Å²) in [6.07, 6.45) is 1.44. The average molecular weight is 412 g/mol. The molecule has 0 atom stereocenters. The molecule has 0 saturated carbocycles. The fourth-order valence-corrected chi connectivity index (χ4v) is 3.81. The lowest BCUT2D eigenvalue weighted by Crippen LogP contribution is -2.26. The van der Waals surface area contributed by atoms with Gasteiger partial charge in [-0.05, 0) is 35.7 Å². The van der Waals surface area contributed by atoms with Crippen molar-refractivity contribution in [3.63, 3.8) is 0 Å². The number of carbonyl (C=O) groups excluding carboxylic acids is 1. The summed E-state index contributed by atoms with van der Waals surface area (Å²) in [5.74, 6) is 0.393. The Morgan fingerprint density at radius 1 is 0.968 bits per heavy atom. The SMILES string of the molecule is CCc1nc2c(-c3ccc(C(=O)OC)cc3)cccc2c(=O)n1CCc1ccccc1. The summed E-state index contributed by atoms with van der Waals surface area (Å²) >= 11 is 0. The van der Waals surface area contributed by atoms with Gasteiger partial charge in [0.05, 0.1) is 23.6 Å². The molecule has 0 spiro atoms. The van der Waals surface area contributed by atoms with Gasteiger partial charge in [-0.1, -0.05) is 61.5 Å². The van der Waals surface area contributed by atoms with Crippen molar-refractivity contribution in [2.45, 2.75) is 26.3 Å². The number of carbonyl (C=O) groups is 1. The second kappa shape index (κ2) is 8.96. The van der Waals surface area contributed by atoms with Crippen LogP contribution < -0.4 is 5.56 Å². The summed E-state index contributed by atoms with van der Waals surface area (Å²) in [6, 6.07) is 23.0. The highest BCUT2D eigenvalue weighted by molar-refractivity contribution is 5.94. The Morgan fingerprint density at radius 2 is 1.71 bits per heavy atom. The maximum Gasteiger partial charge on any atom is 0.337 e. The van der Waals surface area contributed by atoms with Crippen molar-refractivity contribution in [1.29, 1.82) is 0 Å². The first-order valence-corrected chi connectivity index (χ1v) is 10.4. The lowest BCUT2D eigenvalue weighted by atomic mass is 10.0. The van der Waals surface area contributed by atoms with Crippen molar-refractivity contribution in [3.05, 3.63) is 100 Å². The molecular formula is C26H24N2O3. The van der Waals surface area contributed by atoms with Gasteiger partial charge in [0, 0.05) is 18.5 Å². The number of hydrogen-bond donors (Lipinski definition) is 0. The number of hydrogen-bond acceptors (Lipinski definition) is 4. The molecule has 0 radical (unpaired) electrons. The van der Waals surface area contributed by atoms with Crippen molar-refractivity contribution >= 4 is 16.9 Å². The third-order valence-electron chi connectivity index (χ3n) is 5.46. The summed E-state index contributed by atoms with van der Waals surface area (Å²) < 4.78 is 6.56. The van der Waals surface area contributed by atoms with Gasteiger partial charge >= 0.3 is 5.97 Å². The van der Waals surface area contributed by atoms with E-state index in [9.17, 15) is 9.59 Å². The van der Waals surface area contributed by atoms with Crippen LogP contribution in [-0.4, -0.2) is 22.6 Å². The molecule has 1 heterocycles. The van der Waals surface area contributed by atoms with Gasteiger partial charge in [-0.3, -0.25) is 9.36 Å². The van der Waals surface area contributed by atoms with Crippen molar-refractivity contribution in [3.8, 4) is 11.1 Å². The zero-order valence-corrected chi connectivity index (χ0v) is 17.7. The molecule has 4 rings (SSSR count). The maximum atomic E-state index is 13.4. The Balaban J connectivity index is 1.77. The Morgan fingerprint density at radius 3 is 2.39 bits per heavy atom. The number of nitrogens with zero attached hydrogens (tertiary/aromatic N) is 2. The van der Waals surface area contributed by atoms with Crippen LogP contribution in [0, 0.1) is 0 Å². The number of aryl methyl sites for hydroxylation is 2. The van der Waals surface area contributed by atoms with E-state index in [0.717, 1.165) is 23.4 Å². The van der Waals surface area contributed by atoms with Gasteiger partial charge in [-0.25, -0.2) is 9.78 Å². The minimum absolute atomic E-state index is 0.0224. The largest absolute Gasteiger partial charge is 0.465 e. The fourth-order valence-electron chi connectivity index (χ4n) is 3.81. The number of methoxy groups -OCH3 is 1. The highest BCUT2D eigenvalue weighted by Crippen LogP contribution is 2.27. The van der Waals surface area contributed by atoms with E-state index in [-0.39, 0.29) is 11.5 Å². The third-order valence-corrected chi connectivity index (χ3v) is 5.46. The normalized spacial score (nSPS) is 10.9. The molecule has 0 fully saturated rings. The van der Waals surface area contributed by atoms with Gasteiger partial charge in [0.15, 0.2) is 0 Å². The molecule has 31 heavy (non-hydrogen) atoms. The maximum absolute atomic E-state index is 13.4. The van der Waals surface area contributed by atoms with E-state index in [1.165, 1.54) is 12.7 Å². The first kappa shape index (κ1) is 20.5. The number of para-hydroxylation sites is 1. The van der Waals surface area contributed by atoms with Crippen LogP contribution in [0.2, 0.25) is 0 Å². The van der Waals surface area contributed by atoms with Crippen LogP contribution in [0.15, 0.2) is 77.6 Å². The number of aromatic nitrogens is 2. The van der Waals surface area contributed by atoms with E-state index in [0.29, 0.717) is 29.4 Å². The molecule has 0 N–H and O–H groups in total. The summed E-state index contributed by atoms with van der Waals surface area (Å²) in [5, 5.41) is 0.597. The lowest BCUT2D eigenvalue weighted by Gasteiger charge is -2.14. The topological polar surface area (TPSA) is 61.2 Å². The van der Waals surface area contributed by atoms with Gasteiger partial charge < -0.3 is 4.74 Å². The van der Waals surface area contributed by atoms with E-state index in [4.69, 9.17) is 9.72 Å². The minimum Gasteiger partial charge on any atom is -0.465 e. The number of esters is 1. The van der Waals surface area contributed by atoms with Gasteiger partial charge in [0.2, 0.25) is 0 Å². The van der Waals surface area contributed by atoms with E-state index in [1.54, 1.807) is 16.7 Å². The van der Waals surface area contributed by atoms with Crippen molar-refractivity contribution in [2.24, 2.45) is 0 Å². The highest BCUT2D eigenvalue weighted by atomic mass is 16.5. The molecule has 0 aliphatic carbocycles. The smallest absolute Gasteiger partial charge is 0.337 e. The Bertz CT molecular complexity index is 1280. The standard InChI is InChI=1S/C26H24N2O3/c1-3-23-27-24-21(19-12-14-20(15-13-19)26(30)31-2)10-7-11-22(24)25(29)28(23)17-16-18-8-5-4-6-9-18/h4-15H,3,16-17H2,1-2H3. The number of ether oxygens (including phenoxy) is 1. The zero-order valence-electron chi connectivity index (χ0n) is 17.7. The summed E-state index contributed by atoms with van der Waals surface area (Å²) in [7, 11) is 1.36. The van der Waals surface area contributed by atoms with Gasteiger partial charge in [0.1, 0.15) is 5.82 Å². The molecule has 1 aromatic heterocycles. The van der Waals surface area contributed by atoms with E-state index in [1.807, 2.05) is 55.5 Å². The first-order chi connectivity index (χ1) is 15.1. The number of fused-ring (bicyclic) bond motifs is 1. The minimum atomic E-state index is -0.378. The first-order valence-electron chi connectivity index (χ1n) is 10.4. The molecule has 156 valence electrons. The summed E-state index contributed by atoms with van der Waals surface area (Å²) in [6.45, 7) is 2.60. The van der Waals surface area contributed by atoms with Crippen molar-refractivity contribution < 1.29 is 9.53 Å². The fraction of sp³-hybridized carbons (Fsp3) is 0.192. The van der Waals surface area contributed by atoms with Crippen molar-refractivity contribution in [2.75, 3.05) is 7.11 Å².